The maximum absolute atomic E-state index is 13.3. The summed E-state index contributed by atoms with van der Waals surface area (Å²) in [6, 6.07) is 4.50. The summed E-state index contributed by atoms with van der Waals surface area (Å²) in [5, 5.41) is 2.64. The van der Waals surface area contributed by atoms with Crippen LogP contribution in [0.5, 0.6) is 0 Å². The number of nitrogens with zero attached hydrogens (tertiary/aromatic N) is 1. The second kappa shape index (κ2) is 5.47. The Balaban J connectivity index is 1.88. The van der Waals surface area contributed by atoms with Gasteiger partial charge in [-0.1, -0.05) is 18.9 Å². The number of hydrogen-bond acceptors (Lipinski definition) is 2. The van der Waals surface area contributed by atoms with E-state index in [4.69, 9.17) is 0 Å². The summed E-state index contributed by atoms with van der Waals surface area (Å²) in [6.07, 6.45) is 4.48. The first-order chi connectivity index (χ1) is 10.1. The van der Waals surface area contributed by atoms with Crippen molar-refractivity contribution in [3.05, 3.63) is 29.6 Å². The van der Waals surface area contributed by atoms with E-state index >= 15 is 0 Å². The van der Waals surface area contributed by atoms with Crippen LogP contribution in [0.15, 0.2) is 18.2 Å². The van der Waals surface area contributed by atoms with Crippen molar-refractivity contribution < 1.29 is 14.0 Å². The summed E-state index contributed by atoms with van der Waals surface area (Å²) in [5.74, 6) is -1.18. The molecule has 4 nitrogen and oxygen atoms in total. The van der Waals surface area contributed by atoms with Gasteiger partial charge in [-0.05, 0) is 30.5 Å². The second-order valence-electron chi connectivity index (χ2n) is 5.92. The van der Waals surface area contributed by atoms with Gasteiger partial charge in [-0.15, -0.1) is 0 Å². The number of carbonyl (C=O) groups excluding carboxylic acids is 2. The number of likely N-dealkylation sites (N-methyl/N-ethyl adjacent to an activating group) is 1. The molecule has 1 saturated carbocycles. The topological polar surface area (TPSA) is 49.4 Å². The van der Waals surface area contributed by atoms with E-state index in [0.717, 1.165) is 25.7 Å². The van der Waals surface area contributed by atoms with Crippen LogP contribution in [0.2, 0.25) is 0 Å². The molecule has 1 aliphatic heterocycles. The van der Waals surface area contributed by atoms with E-state index < -0.39 is 11.7 Å². The Labute approximate surface area is 123 Å². The first-order valence-corrected chi connectivity index (χ1v) is 7.42. The van der Waals surface area contributed by atoms with E-state index in [1.807, 2.05) is 7.05 Å². The van der Waals surface area contributed by atoms with Crippen molar-refractivity contribution in [3.8, 4) is 0 Å². The predicted molar refractivity (Wildman–Crippen MR) is 77.4 cm³/mol. The SMILES string of the molecule is CN(C(=O)C1CC(=O)Nc2cc(F)ccc21)C1CCCC1. The van der Waals surface area contributed by atoms with Gasteiger partial charge in [0.15, 0.2) is 0 Å². The normalized spacial score (nSPS) is 21.8. The molecule has 1 fully saturated rings. The number of carbonyl (C=O) groups is 2. The Bertz CT molecular complexity index is 582. The fraction of sp³-hybridized carbons (Fsp3) is 0.500. The molecule has 0 spiro atoms. The lowest BCUT2D eigenvalue weighted by molar-refractivity contribution is -0.135. The molecule has 1 unspecified atom stereocenters. The Kier molecular flexibility index (Phi) is 3.66. The highest BCUT2D eigenvalue weighted by Crippen LogP contribution is 2.35. The number of rotatable bonds is 2. The maximum atomic E-state index is 13.3. The molecule has 1 aromatic rings. The summed E-state index contributed by atoms with van der Waals surface area (Å²) < 4.78 is 13.3. The molecule has 1 N–H and O–H groups in total. The monoisotopic (exact) mass is 290 g/mol. The lowest BCUT2D eigenvalue weighted by atomic mass is 9.89. The molecule has 3 rings (SSSR count). The third-order valence-corrected chi connectivity index (χ3v) is 4.57. The highest BCUT2D eigenvalue weighted by atomic mass is 19.1. The van der Waals surface area contributed by atoms with E-state index in [1.165, 1.54) is 12.1 Å². The molecule has 5 heteroatoms. The summed E-state index contributed by atoms with van der Waals surface area (Å²) in [7, 11) is 1.81. The molecule has 1 aliphatic carbocycles. The molecular weight excluding hydrogens is 271 g/mol. The van der Waals surface area contributed by atoms with E-state index in [1.54, 1.807) is 11.0 Å². The molecule has 0 radical (unpaired) electrons. The molecule has 2 aliphatic rings. The van der Waals surface area contributed by atoms with Crippen molar-refractivity contribution in [1.82, 2.24) is 4.90 Å². The van der Waals surface area contributed by atoms with Gasteiger partial charge in [0.05, 0.1) is 5.92 Å². The molecule has 0 saturated heterocycles. The van der Waals surface area contributed by atoms with Crippen LogP contribution >= 0.6 is 0 Å². The number of amides is 2. The van der Waals surface area contributed by atoms with Crippen LogP contribution in [0.4, 0.5) is 10.1 Å². The first kappa shape index (κ1) is 14.0. The fourth-order valence-corrected chi connectivity index (χ4v) is 3.37. The molecular formula is C16H19FN2O2. The van der Waals surface area contributed by atoms with Crippen LogP contribution in [-0.4, -0.2) is 29.8 Å². The van der Waals surface area contributed by atoms with Crippen molar-refractivity contribution >= 4 is 17.5 Å². The number of nitrogens with one attached hydrogen (secondary N) is 1. The van der Waals surface area contributed by atoms with Gasteiger partial charge in [-0.2, -0.15) is 0 Å². The summed E-state index contributed by atoms with van der Waals surface area (Å²) in [5.41, 5.74) is 1.13. The van der Waals surface area contributed by atoms with E-state index in [-0.39, 0.29) is 24.3 Å². The van der Waals surface area contributed by atoms with Gasteiger partial charge in [0, 0.05) is 25.2 Å². The van der Waals surface area contributed by atoms with Crippen molar-refractivity contribution in [3.63, 3.8) is 0 Å². The number of hydrogen-bond donors (Lipinski definition) is 1. The Hall–Kier alpha value is -1.91. The molecule has 0 bridgehead atoms. The highest BCUT2D eigenvalue weighted by Gasteiger charge is 2.35. The van der Waals surface area contributed by atoms with Gasteiger partial charge < -0.3 is 10.2 Å². The third kappa shape index (κ3) is 2.64. The molecule has 1 heterocycles. The van der Waals surface area contributed by atoms with Crippen LogP contribution in [0.25, 0.3) is 0 Å². The van der Waals surface area contributed by atoms with Crippen LogP contribution < -0.4 is 5.32 Å². The van der Waals surface area contributed by atoms with Crippen LogP contribution in [0, 0.1) is 5.82 Å². The molecule has 112 valence electrons. The average Bonchev–Trinajstić information content (AvgIpc) is 2.98. The van der Waals surface area contributed by atoms with Gasteiger partial charge in [0.2, 0.25) is 11.8 Å². The number of halogens is 1. The number of anilines is 1. The van der Waals surface area contributed by atoms with Gasteiger partial charge >= 0.3 is 0 Å². The number of fused-ring (bicyclic) bond motifs is 1. The lowest BCUT2D eigenvalue weighted by Crippen LogP contribution is -2.41. The predicted octanol–water partition coefficient (Wildman–Crippen LogP) is 2.65. The minimum absolute atomic E-state index is 0.0374. The molecule has 1 atom stereocenters. The second-order valence-corrected chi connectivity index (χ2v) is 5.92. The Morgan fingerprint density at radius 1 is 1.33 bits per heavy atom. The van der Waals surface area contributed by atoms with Gasteiger partial charge in [-0.3, -0.25) is 9.59 Å². The van der Waals surface area contributed by atoms with Crippen LogP contribution in [0.3, 0.4) is 0 Å². The van der Waals surface area contributed by atoms with E-state index in [9.17, 15) is 14.0 Å². The maximum Gasteiger partial charge on any atom is 0.230 e. The van der Waals surface area contributed by atoms with Crippen LogP contribution in [-0.2, 0) is 9.59 Å². The van der Waals surface area contributed by atoms with Crippen molar-refractivity contribution in [2.45, 2.75) is 44.1 Å². The summed E-state index contributed by atoms with van der Waals surface area (Å²) in [4.78, 5) is 26.3. The van der Waals surface area contributed by atoms with Crippen molar-refractivity contribution in [2.24, 2.45) is 0 Å². The van der Waals surface area contributed by atoms with Gasteiger partial charge in [-0.25, -0.2) is 4.39 Å². The Morgan fingerprint density at radius 3 is 2.76 bits per heavy atom. The molecule has 1 aromatic carbocycles. The highest BCUT2D eigenvalue weighted by molar-refractivity contribution is 6.01. The number of benzene rings is 1. The zero-order valence-corrected chi connectivity index (χ0v) is 12.1. The largest absolute Gasteiger partial charge is 0.342 e. The third-order valence-electron chi connectivity index (χ3n) is 4.57. The van der Waals surface area contributed by atoms with Crippen molar-refractivity contribution in [2.75, 3.05) is 12.4 Å². The zero-order valence-electron chi connectivity index (χ0n) is 12.1. The van der Waals surface area contributed by atoms with Gasteiger partial charge in [0.1, 0.15) is 5.82 Å². The van der Waals surface area contributed by atoms with Crippen molar-refractivity contribution in [1.29, 1.82) is 0 Å². The summed E-state index contributed by atoms with van der Waals surface area (Å²) in [6.45, 7) is 0. The zero-order chi connectivity index (χ0) is 15.0. The lowest BCUT2D eigenvalue weighted by Gasteiger charge is -2.31. The average molecular weight is 290 g/mol. The standard InChI is InChI=1S/C16H19FN2O2/c1-19(11-4-2-3-5-11)16(21)13-9-15(20)18-14-8-10(17)6-7-12(13)14/h6-8,11,13H,2-5,9H2,1H3,(H,18,20). The molecule has 0 aromatic heterocycles. The molecule has 21 heavy (non-hydrogen) atoms. The minimum Gasteiger partial charge on any atom is -0.342 e. The van der Waals surface area contributed by atoms with E-state index in [0.29, 0.717) is 11.3 Å². The van der Waals surface area contributed by atoms with E-state index in [2.05, 4.69) is 5.32 Å². The summed E-state index contributed by atoms with van der Waals surface area (Å²) >= 11 is 0. The quantitative estimate of drug-likeness (QED) is 0.910. The first-order valence-electron chi connectivity index (χ1n) is 7.42. The van der Waals surface area contributed by atoms with Crippen LogP contribution in [0.1, 0.15) is 43.6 Å². The Morgan fingerprint density at radius 2 is 2.05 bits per heavy atom. The molecule has 2 amide bonds. The minimum atomic E-state index is -0.500. The fourth-order valence-electron chi connectivity index (χ4n) is 3.37. The van der Waals surface area contributed by atoms with Gasteiger partial charge in [0.25, 0.3) is 0 Å². The smallest absolute Gasteiger partial charge is 0.230 e.